The van der Waals surface area contributed by atoms with Gasteiger partial charge >= 0.3 is 0 Å². The van der Waals surface area contributed by atoms with E-state index in [4.69, 9.17) is 0 Å². The van der Waals surface area contributed by atoms with Gasteiger partial charge in [-0.2, -0.15) is 0 Å². The maximum absolute atomic E-state index is 2.71. The smallest absolute Gasteiger partial charge is 0.0124 e. The Morgan fingerprint density at radius 1 is 1.27 bits per heavy atom. The van der Waals surface area contributed by atoms with Gasteiger partial charge in [0.25, 0.3) is 0 Å². The molecule has 0 N–H and O–H groups in total. The lowest BCUT2D eigenvalue weighted by atomic mass is 9.90. The number of rotatable bonds is 0. The molecule has 0 spiro atoms. The lowest BCUT2D eigenvalue weighted by molar-refractivity contribution is 0.144. The van der Waals surface area contributed by atoms with Crippen molar-refractivity contribution in [2.75, 3.05) is 13.1 Å². The highest BCUT2D eigenvalue weighted by molar-refractivity contribution is 4.89. The molecule has 1 heteroatoms. The van der Waals surface area contributed by atoms with Gasteiger partial charge in [0.2, 0.25) is 0 Å². The first-order chi connectivity index (χ1) is 5.27. The zero-order valence-electron chi connectivity index (χ0n) is 7.71. The van der Waals surface area contributed by atoms with E-state index in [0.29, 0.717) is 0 Å². The maximum Gasteiger partial charge on any atom is 0.0124 e. The van der Waals surface area contributed by atoms with Crippen LogP contribution in [0.3, 0.4) is 0 Å². The van der Waals surface area contributed by atoms with Crippen molar-refractivity contribution in [3.8, 4) is 0 Å². The highest BCUT2D eigenvalue weighted by atomic mass is 15.2. The average Bonchev–Trinajstić information content (AvgIpc) is 2.31. The molecule has 2 aliphatic heterocycles. The van der Waals surface area contributed by atoms with Gasteiger partial charge in [-0.1, -0.05) is 13.8 Å². The second-order valence-electron chi connectivity index (χ2n) is 4.52. The third-order valence-electron chi connectivity index (χ3n) is 3.42. The Balaban J connectivity index is 2.03. The average molecular weight is 153 g/mol. The molecule has 1 nitrogen and oxygen atoms in total. The van der Waals surface area contributed by atoms with Crippen LogP contribution in [0.2, 0.25) is 0 Å². The number of hydrogen-bond acceptors (Lipinski definition) is 1. The maximum atomic E-state index is 2.71. The molecule has 64 valence electrons. The first-order valence-corrected chi connectivity index (χ1v) is 5.01. The summed E-state index contributed by atoms with van der Waals surface area (Å²) in [5, 5.41) is 0. The van der Waals surface area contributed by atoms with Gasteiger partial charge in [-0.3, -0.25) is 4.90 Å². The van der Waals surface area contributed by atoms with Crippen molar-refractivity contribution < 1.29 is 0 Å². The quantitative estimate of drug-likeness (QED) is 0.515. The van der Waals surface area contributed by atoms with Crippen molar-refractivity contribution in [2.24, 2.45) is 11.8 Å². The summed E-state index contributed by atoms with van der Waals surface area (Å²) in [5.41, 5.74) is 0. The Bertz CT molecular complexity index is 144. The summed E-state index contributed by atoms with van der Waals surface area (Å²) in [6.07, 6.45) is 4.36. The van der Waals surface area contributed by atoms with Crippen LogP contribution < -0.4 is 0 Å². The Morgan fingerprint density at radius 3 is 2.82 bits per heavy atom. The van der Waals surface area contributed by atoms with Crippen LogP contribution in [0.1, 0.15) is 33.1 Å². The van der Waals surface area contributed by atoms with Gasteiger partial charge in [0.1, 0.15) is 0 Å². The fourth-order valence-electron chi connectivity index (χ4n) is 2.83. The van der Waals surface area contributed by atoms with Crippen molar-refractivity contribution in [3.63, 3.8) is 0 Å². The molecular weight excluding hydrogens is 134 g/mol. The first kappa shape index (κ1) is 7.60. The van der Waals surface area contributed by atoms with Crippen LogP contribution in [0.25, 0.3) is 0 Å². The fourth-order valence-corrected chi connectivity index (χ4v) is 2.83. The van der Waals surface area contributed by atoms with E-state index in [1.54, 1.807) is 0 Å². The van der Waals surface area contributed by atoms with E-state index in [2.05, 4.69) is 18.7 Å². The van der Waals surface area contributed by atoms with Gasteiger partial charge in [0.05, 0.1) is 0 Å². The van der Waals surface area contributed by atoms with Gasteiger partial charge in [-0.05, 0) is 37.6 Å². The molecule has 0 bridgehead atoms. The molecule has 2 aliphatic rings. The van der Waals surface area contributed by atoms with E-state index < -0.39 is 0 Å². The summed E-state index contributed by atoms with van der Waals surface area (Å²) >= 11 is 0. The Hall–Kier alpha value is -0.0400. The van der Waals surface area contributed by atoms with Crippen LogP contribution in [-0.4, -0.2) is 24.0 Å². The van der Waals surface area contributed by atoms with Gasteiger partial charge in [0, 0.05) is 12.6 Å². The highest BCUT2D eigenvalue weighted by Gasteiger charge is 2.35. The van der Waals surface area contributed by atoms with E-state index in [9.17, 15) is 0 Å². The third kappa shape index (κ3) is 1.31. The van der Waals surface area contributed by atoms with E-state index in [1.165, 1.54) is 32.4 Å². The topological polar surface area (TPSA) is 3.24 Å². The molecule has 0 amide bonds. The lowest BCUT2D eigenvalue weighted by Crippen LogP contribution is -2.39. The Morgan fingerprint density at radius 2 is 2.09 bits per heavy atom. The van der Waals surface area contributed by atoms with Gasteiger partial charge in [-0.15, -0.1) is 0 Å². The summed E-state index contributed by atoms with van der Waals surface area (Å²) in [6, 6.07) is 0.943. The largest absolute Gasteiger partial charge is 0.300 e. The molecule has 0 aromatic heterocycles. The van der Waals surface area contributed by atoms with Crippen molar-refractivity contribution in [2.45, 2.75) is 39.2 Å². The second-order valence-corrected chi connectivity index (χ2v) is 4.52. The van der Waals surface area contributed by atoms with Crippen LogP contribution in [0.5, 0.6) is 0 Å². The second kappa shape index (κ2) is 2.78. The van der Waals surface area contributed by atoms with Crippen molar-refractivity contribution in [3.05, 3.63) is 0 Å². The molecule has 0 aromatic rings. The van der Waals surface area contributed by atoms with E-state index >= 15 is 0 Å². The minimum absolute atomic E-state index is 0.943. The summed E-state index contributed by atoms with van der Waals surface area (Å²) in [5.74, 6) is 1.93. The van der Waals surface area contributed by atoms with Crippen LogP contribution in [0.15, 0.2) is 0 Å². The van der Waals surface area contributed by atoms with E-state index in [-0.39, 0.29) is 0 Å². The normalized spacial score (nSPS) is 45.8. The van der Waals surface area contributed by atoms with Crippen LogP contribution >= 0.6 is 0 Å². The minimum atomic E-state index is 0.943. The van der Waals surface area contributed by atoms with E-state index in [1.807, 2.05) is 0 Å². The highest BCUT2D eigenvalue weighted by Crippen LogP contribution is 2.33. The van der Waals surface area contributed by atoms with Gasteiger partial charge in [-0.25, -0.2) is 0 Å². The monoisotopic (exact) mass is 153 g/mol. The number of fused-ring (bicyclic) bond motifs is 1. The van der Waals surface area contributed by atoms with Crippen LogP contribution in [0.4, 0.5) is 0 Å². The summed E-state index contributed by atoms with van der Waals surface area (Å²) in [7, 11) is 0. The molecular formula is C10H19N. The zero-order chi connectivity index (χ0) is 7.84. The molecule has 2 rings (SSSR count). The Labute approximate surface area is 69.8 Å². The first-order valence-electron chi connectivity index (χ1n) is 5.01. The molecule has 2 saturated heterocycles. The SMILES string of the molecule is C[C@H]1C[C@H]2[C@@H](C)CCCN2C1. The molecule has 2 fully saturated rings. The van der Waals surface area contributed by atoms with Crippen molar-refractivity contribution >= 4 is 0 Å². The van der Waals surface area contributed by atoms with Crippen LogP contribution in [0, 0.1) is 11.8 Å². The zero-order valence-corrected chi connectivity index (χ0v) is 7.71. The number of piperidine rings is 1. The van der Waals surface area contributed by atoms with Crippen LogP contribution in [-0.2, 0) is 0 Å². The summed E-state index contributed by atoms with van der Waals surface area (Å²) in [4.78, 5) is 2.71. The molecule has 0 unspecified atom stereocenters. The predicted octanol–water partition coefficient (Wildman–Crippen LogP) is 2.13. The molecule has 0 radical (unpaired) electrons. The number of nitrogens with zero attached hydrogens (tertiary/aromatic N) is 1. The van der Waals surface area contributed by atoms with Crippen molar-refractivity contribution in [1.29, 1.82) is 0 Å². The Kier molecular flexibility index (Phi) is 1.92. The minimum Gasteiger partial charge on any atom is -0.300 e. The molecule has 0 saturated carbocycles. The fraction of sp³-hybridized carbons (Fsp3) is 1.00. The summed E-state index contributed by atoms with van der Waals surface area (Å²) < 4.78 is 0. The molecule has 11 heavy (non-hydrogen) atoms. The van der Waals surface area contributed by atoms with E-state index in [0.717, 1.165) is 17.9 Å². The molecule has 0 aromatic carbocycles. The standard InChI is InChI=1S/C10H19N/c1-8-6-10-9(2)4-3-5-11(10)7-8/h8-10H,3-7H2,1-2H3/t8-,9-,10-/m0/s1. The van der Waals surface area contributed by atoms with Gasteiger partial charge in [0.15, 0.2) is 0 Å². The molecule has 2 heterocycles. The number of hydrogen-bond donors (Lipinski definition) is 0. The lowest BCUT2D eigenvalue weighted by Gasteiger charge is -2.34. The van der Waals surface area contributed by atoms with Gasteiger partial charge < -0.3 is 0 Å². The molecule has 3 atom stereocenters. The molecule has 0 aliphatic carbocycles. The summed E-state index contributed by atoms with van der Waals surface area (Å²) in [6.45, 7) is 7.56. The third-order valence-corrected chi connectivity index (χ3v) is 3.42. The van der Waals surface area contributed by atoms with Crippen molar-refractivity contribution in [1.82, 2.24) is 4.90 Å². The predicted molar refractivity (Wildman–Crippen MR) is 47.5 cm³/mol.